The highest BCUT2D eigenvalue weighted by atomic mass is 19.1. The topological polar surface area (TPSA) is 42.4 Å². The molecule has 0 N–H and O–H groups in total. The van der Waals surface area contributed by atoms with Gasteiger partial charge in [0.25, 0.3) is 0 Å². The minimum absolute atomic E-state index is 0.184. The van der Waals surface area contributed by atoms with E-state index in [9.17, 15) is 9.18 Å². The Bertz CT molecular complexity index is 804. The van der Waals surface area contributed by atoms with Crippen LogP contribution in [-0.4, -0.2) is 35.5 Å². The van der Waals surface area contributed by atoms with Crippen molar-refractivity contribution in [2.75, 3.05) is 19.7 Å². The molecular weight excluding hydrogens is 343 g/mol. The number of hydrogen-bond acceptors (Lipinski definition) is 3. The zero-order valence-electron chi connectivity index (χ0n) is 15.4. The van der Waals surface area contributed by atoms with Crippen molar-refractivity contribution in [2.24, 2.45) is 5.92 Å². The number of hydrogen-bond donors (Lipinski definition) is 0. The zero-order chi connectivity index (χ0) is 18.6. The van der Waals surface area contributed by atoms with Crippen LogP contribution < -0.4 is 0 Å². The maximum Gasteiger partial charge on any atom is 0.225 e. The molecule has 1 aliphatic heterocycles. The molecule has 5 heteroatoms. The average molecular weight is 368 g/mol. The third kappa shape index (κ3) is 4.19. The van der Waals surface area contributed by atoms with E-state index in [0.717, 1.165) is 37.1 Å². The average Bonchev–Trinajstić information content (AvgIpc) is 3.24. The lowest BCUT2D eigenvalue weighted by Gasteiger charge is -2.34. The van der Waals surface area contributed by atoms with Crippen LogP contribution in [0.3, 0.4) is 0 Å². The van der Waals surface area contributed by atoms with Crippen LogP contribution in [0.5, 0.6) is 0 Å². The lowest BCUT2D eigenvalue weighted by atomic mass is 10.0. The number of carbonyl (C=O) groups is 1. The summed E-state index contributed by atoms with van der Waals surface area (Å²) >= 11 is 0. The number of rotatable bonds is 4. The minimum atomic E-state index is -0.218. The number of halogens is 1. The Morgan fingerprint density at radius 3 is 2.78 bits per heavy atom. The molecule has 142 valence electrons. The first-order valence-electron chi connectivity index (χ1n) is 9.80. The van der Waals surface area contributed by atoms with E-state index in [1.807, 2.05) is 29.2 Å². The largest absolute Gasteiger partial charge is 0.368 e. The number of benzene rings is 1. The SMILES string of the molecule is O=C(C1CCCC1)N1CCO[C@@H](c2cccc(Cc3ccccc3F)n2)C1. The monoisotopic (exact) mass is 368 g/mol. The standard InChI is InChI=1S/C22H25FN2O2/c23-19-10-4-3-8-17(19)14-18-9-5-11-20(24-18)21-15-25(12-13-27-21)22(26)16-6-1-2-7-16/h3-5,8-11,16,21H,1-2,6-7,12-15H2/t21-/m1/s1. The van der Waals surface area contributed by atoms with Crippen molar-refractivity contribution in [3.8, 4) is 0 Å². The van der Waals surface area contributed by atoms with Crippen molar-refractivity contribution in [2.45, 2.75) is 38.2 Å². The Labute approximate surface area is 159 Å². The van der Waals surface area contributed by atoms with Gasteiger partial charge in [-0.3, -0.25) is 9.78 Å². The minimum Gasteiger partial charge on any atom is -0.368 e. The van der Waals surface area contributed by atoms with Gasteiger partial charge in [-0.1, -0.05) is 37.1 Å². The summed E-state index contributed by atoms with van der Waals surface area (Å²) in [5, 5.41) is 0. The Balaban J connectivity index is 1.46. The lowest BCUT2D eigenvalue weighted by Crippen LogP contribution is -2.44. The molecule has 0 bridgehead atoms. The number of nitrogens with zero attached hydrogens (tertiary/aromatic N) is 2. The highest BCUT2D eigenvalue weighted by molar-refractivity contribution is 5.79. The fourth-order valence-electron chi connectivity index (χ4n) is 4.07. The molecule has 2 aromatic rings. The summed E-state index contributed by atoms with van der Waals surface area (Å²) in [6.45, 7) is 1.73. The Morgan fingerprint density at radius 1 is 1.15 bits per heavy atom. The number of morpholine rings is 1. The molecule has 2 aliphatic rings. The number of ether oxygens (including phenoxy) is 1. The van der Waals surface area contributed by atoms with Gasteiger partial charge in [-0.05, 0) is 36.6 Å². The highest BCUT2D eigenvalue weighted by Crippen LogP contribution is 2.29. The Hall–Kier alpha value is -2.27. The molecule has 1 saturated carbocycles. The van der Waals surface area contributed by atoms with Crippen LogP contribution in [-0.2, 0) is 16.0 Å². The first kappa shape index (κ1) is 18.1. The van der Waals surface area contributed by atoms with Crippen molar-refractivity contribution in [3.63, 3.8) is 0 Å². The van der Waals surface area contributed by atoms with Gasteiger partial charge >= 0.3 is 0 Å². The molecule has 27 heavy (non-hydrogen) atoms. The van der Waals surface area contributed by atoms with Crippen molar-refractivity contribution in [1.29, 1.82) is 0 Å². The summed E-state index contributed by atoms with van der Waals surface area (Å²) in [4.78, 5) is 19.4. The predicted molar refractivity (Wildman–Crippen MR) is 101 cm³/mol. The molecule has 1 atom stereocenters. The molecule has 2 fully saturated rings. The molecule has 4 nitrogen and oxygen atoms in total. The maximum absolute atomic E-state index is 13.9. The van der Waals surface area contributed by atoms with Gasteiger partial charge in [0.05, 0.1) is 18.8 Å². The molecule has 0 radical (unpaired) electrons. The van der Waals surface area contributed by atoms with Gasteiger partial charge in [-0.25, -0.2) is 4.39 Å². The second-order valence-corrected chi connectivity index (χ2v) is 7.45. The summed E-state index contributed by atoms with van der Waals surface area (Å²) in [5.41, 5.74) is 2.25. The summed E-state index contributed by atoms with van der Waals surface area (Å²) in [6, 6.07) is 12.5. The number of aromatic nitrogens is 1. The molecule has 1 aromatic heterocycles. The summed E-state index contributed by atoms with van der Waals surface area (Å²) in [7, 11) is 0. The molecule has 2 heterocycles. The van der Waals surface area contributed by atoms with Crippen LogP contribution in [0.1, 0.15) is 48.7 Å². The fraction of sp³-hybridized carbons (Fsp3) is 0.455. The molecule has 1 saturated heterocycles. The Kier molecular flexibility index (Phi) is 5.48. The molecule has 1 aromatic carbocycles. The lowest BCUT2D eigenvalue weighted by molar-refractivity contribution is -0.143. The summed E-state index contributed by atoms with van der Waals surface area (Å²) < 4.78 is 19.8. The third-order valence-electron chi connectivity index (χ3n) is 5.57. The van der Waals surface area contributed by atoms with Crippen LogP contribution in [0.2, 0.25) is 0 Å². The number of amides is 1. The van der Waals surface area contributed by atoms with Crippen molar-refractivity contribution < 1.29 is 13.9 Å². The molecule has 1 aliphatic carbocycles. The van der Waals surface area contributed by atoms with Gasteiger partial charge < -0.3 is 9.64 Å². The van der Waals surface area contributed by atoms with Gasteiger partial charge in [0.2, 0.25) is 5.91 Å². The van der Waals surface area contributed by atoms with E-state index in [-0.39, 0.29) is 23.7 Å². The predicted octanol–water partition coefficient (Wildman–Crippen LogP) is 3.90. The summed E-state index contributed by atoms with van der Waals surface area (Å²) in [5.74, 6) is 0.236. The number of pyridine rings is 1. The van der Waals surface area contributed by atoms with Gasteiger partial charge in [0.1, 0.15) is 11.9 Å². The molecule has 1 amide bonds. The van der Waals surface area contributed by atoms with Crippen molar-refractivity contribution in [3.05, 3.63) is 65.2 Å². The zero-order valence-corrected chi connectivity index (χ0v) is 15.4. The van der Waals surface area contributed by atoms with Crippen LogP contribution in [0.15, 0.2) is 42.5 Å². The van der Waals surface area contributed by atoms with Crippen LogP contribution >= 0.6 is 0 Å². The van der Waals surface area contributed by atoms with E-state index in [0.29, 0.717) is 31.7 Å². The van der Waals surface area contributed by atoms with Gasteiger partial charge in [0.15, 0.2) is 0 Å². The van der Waals surface area contributed by atoms with Crippen LogP contribution in [0.4, 0.5) is 4.39 Å². The van der Waals surface area contributed by atoms with E-state index < -0.39 is 0 Å². The molecular formula is C22H25FN2O2. The first-order chi connectivity index (χ1) is 13.2. The molecule has 4 rings (SSSR count). The van der Waals surface area contributed by atoms with E-state index in [1.54, 1.807) is 12.1 Å². The maximum atomic E-state index is 13.9. The van der Waals surface area contributed by atoms with Crippen molar-refractivity contribution in [1.82, 2.24) is 9.88 Å². The van der Waals surface area contributed by atoms with Crippen LogP contribution in [0.25, 0.3) is 0 Å². The second-order valence-electron chi connectivity index (χ2n) is 7.45. The van der Waals surface area contributed by atoms with Crippen molar-refractivity contribution >= 4 is 5.91 Å². The van der Waals surface area contributed by atoms with E-state index in [1.165, 1.54) is 6.07 Å². The molecule has 0 spiro atoms. The fourth-order valence-corrected chi connectivity index (χ4v) is 4.07. The Morgan fingerprint density at radius 2 is 1.96 bits per heavy atom. The smallest absolute Gasteiger partial charge is 0.225 e. The quantitative estimate of drug-likeness (QED) is 0.822. The van der Waals surface area contributed by atoms with Gasteiger partial charge in [-0.2, -0.15) is 0 Å². The van der Waals surface area contributed by atoms with E-state index >= 15 is 0 Å². The molecule has 0 unspecified atom stereocenters. The van der Waals surface area contributed by atoms with E-state index in [2.05, 4.69) is 0 Å². The number of carbonyl (C=O) groups excluding carboxylic acids is 1. The highest BCUT2D eigenvalue weighted by Gasteiger charge is 2.32. The second kappa shape index (κ2) is 8.17. The van der Waals surface area contributed by atoms with Crippen LogP contribution in [0, 0.1) is 11.7 Å². The summed E-state index contributed by atoms with van der Waals surface area (Å²) in [6.07, 6.45) is 4.56. The normalized spacial score (nSPS) is 20.8. The first-order valence-corrected chi connectivity index (χ1v) is 9.80. The van der Waals surface area contributed by atoms with Gasteiger partial charge in [-0.15, -0.1) is 0 Å². The third-order valence-corrected chi connectivity index (χ3v) is 5.57. The van der Waals surface area contributed by atoms with Gasteiger partial charge in [0, 0.05) is 24.6 Å². The van der Waals surface area contributed by atoms with E-state index in [4.69, 9.17) is 9.72 Å².